The number of carbonyl (C=O) groups is 1. The maximum atomic E-state index is 12.0. The molecule has 2 heterocycles. The number of ether oxygens (including phenoxy) is 1. The Morgan fingerprint density at radius 1 is 1.20 bits per heavy atom. The highest BCUT2D eigenvalue weighted by Crippen LogP contribution is 2.24. The van der Waals surface area contributed by atoms with Crippen molar-refractivity contribution in [3.05, 3.63) is 47.1 Å². The lowest BCUT2D eigenvalue weighted by molar-refractivity contribution is -0.123. The molecule has 0 aliphatic carbocycles. The van der Waals surface area contributed by atoms with Gasteiger partial charge in [-0.25, -0.2) is 4.98 Å². The first-order valence-corrected chi connectivity index (χ1v) is 8.37. The summed E-state index contributed by atoms with van der Waals surface area (Å²) in [6.07, 6.45) is 1.67. The lowest BCUT2D eigenvalue weighted by Gasteiger charge is -2.38. The summed E-state index contributed by atoms with van der Waals surface area (Å²) in [4.78, 5) is 24.8. The number of anilines is 1. The molecule has 132 valence electrons. The Morgan fingerprint density at radius 2 is 1.88 bits per heavy atom. The van der Waals surface area contributed by atoms with Gasteiger partial charge in [0.05, 0.1) is 7.11 Å². The summed E-state index contributed by atoms with van der Waals surface area (Å²) in [6.45, 7) is 2.75. The zero-order chi connectivity index (χ0) is 17.8. The third kappa shape index (κ3) is 4.00. The Bertz CT molecular complexity index is 732. The minimum atomic E-state index is -0.467. The van der Waals surface area contributed by atoms with Crippen molar-refractivity contribution < 1.29 is 9.53 Å². The van der Waals surface area contributed by atoms with Crippen molar-refractivity contribution in [1.29, 1.82) is 0 Å². The molecule has 2 aromatic rings. The number of piperazine rings is 1. The number of benzene rings is 1. The van der Waals surface area contributed by atoms with Crippen LogP contribution in [0.1, 0.15) is 11.6 Å². The normalized spacial score (nSPS) is 16.5. The molecular weight excluding hydrogens is 342 g/mol. The van der Waals surface area contributed by atoms with E-state index in [2.05, 4.69) is 19.8 Å². The van der Waals surface area contributed by atoms with Crippen molar-refractivity contribution in [1.82, 2.24) is 14.9 Å². The number of nitrogens with two attached hydrogens (primary N) is 1. The number of primary amides is 1. The Labute approximate surface area is 151 Å². The number of halogens is 1. The molecule has 0 unspecified atom stereocenters. The molecule has 2 N–H and O–H groups in total. The first-order valence-electron chi connectivity index (χ1n) is 7.99. The fourth-order valence-electron chi connectivity index (χ4n) is 2.98. The molecule has 1 amide bonds. The number of carbonyl (C=O) groups excluding carboxylic acids is 1. The third-order valence-corrected chi connectivity index (χ3v) is 4.50. The van der Waals surface area contributed by atoms with E-state index in [-0.39, 0.29) is 5.91 Å². The molecule has 1 fully saturated rings. The summed E-state index contributed by atoms with van der Waals surface area (Å²) in [7, 11) is 1.58. The summed E-state index contributed by atoms with van der Waals surface area (Å²) in [5.74, 6) is 0.790. The van der Waals surface area contributed by atoms with Gasteiger partial charge in [-0.05, 0) is 17.7 Å². The van der Waals surface area contributed by atoms with Gasteiger partial charge < -0.3 is 15.4 Å². The van der Waals surface area contributed by atoms with Crippen molar-refractivity contribution >= 4 is 23.5 Å². The number of amides is 1. The van der Waals surface area contributed by atoms with Crippen LogP contribution in [-0.4, -0.2) is 54.1 Å². The van der Waals surface area contributed by atoms with E-state index in [9.17, 15) is 4.79 Å². The zero-order valence-corrected chi connectivity index (χ0v) is 14.7. The highest BCUT2D eigenvalue weighted by Gasteiger charge is 2.29. The zero-order valence-electron chi connectivity index (χ0n) is 13.9. The first kappa shape index (κ1) is 17.4. The molecule has 0 saturated carbocycles. The van der Waals surface area contributed by atoms with Crippen molar-refractivity contribution in [3.63, 3.8) is 0 Å². The monoisotopic (exact) mass is 361 g/mol. The summed E-state index contributed by atoms with van der Waals surface area (Å²) in [5.41, 5.74) is 6.50. The summed E-state index contributed by atoms with van der Waals surface area (Å²) < 4.78 is 5.14. The second kappa shape index (κ2) is 7.67. The van der Waals surface area contributed by atoms with Crippen LogP contribution < -0.4 is 15.4 Å². The van der Waals surface area contributed by atoms with Gasteiger partial charge in [-0.3, -0.25) is 9.69 Å². The molecule has 3 rings (SSSR count). The predicted octanol–water partition coefficient (Wildman–Crippen LogP) is 1.49. The summed E-state index contributed by atoms with van der Waals surface area (Å²) >= 11 is 5.93. The second-order valence-electron chi connectivity index (χ2n) is 5.78. The lowest BCUT2D eigenvalue weighted by atomic mass is 10.0. The Hall–Kier alpha value is -2.38. The van der Waals surface area contributed by atoms with Crippen LogP contribution in [0, 0.1) is 0 Å². The van der Waals surface area contributed by atoms with Gasteiger partial charge in [0.25, 0.3) is 0 Å². The third-order valence-electron chi connectivity index (χ3n) is 4.24. The van der Waals surface area contributed by atoms with E-state index in [0.29, 0.717) is 43.0 Å². The van der Waals surface area contributed by atoms with Crippen LogP contribution in [0.4, 0.5) is 5.95 Å². The van der Waals surface area contributed by atoms with Crippen molar-refractivity contribution in [3.8, 4) is 5.88 Å². The van der Waals surface area contributed by atoms with Crippen LogP contribution >= 0.6 is 11.6 Å². The van der Waals surface area contributed by atoms with Crippen LogP contribution in [0.25, 0.3) is 0 Å². The number of methoxy groups -OCH3 is 1. The molecule has 1 aliphatic rings. The predicted molar refractivity (Wildman–Crippen MR) is 95.8 cm³/mol. The van der Waals surface area contributed by atoms with Gasteiger partial charge in [0.15, 0.2) is 0 Å². The highest BCUT2D eigenvalue weighted by atomic mass is 35.5. The van der Waals surface area contributed by atoms with Crippen LogP contribution in [0.15, 0.2) is 36.5 Å². The molecule has 0 radical (unpaired) electrons. The van der Waals surface area contributed by atoms with Crippen molar-refractivity contribution in [2.24, 2.45) is 5.73 Å². The molecule has 1 atom stereocenters. The van der Waals surface area contributed by atoms with Gasteiger partial charge in [-0.1, -0.05) is 23.7 Å². The average Bonchev–Trinajstić information content (AvgIpc) is 2.64. The Kier molecular flexibility index (Phi) is 5.35. The number of nitrogens with zero attached hydrogens (tertiary/aromatic N) is 4. The molecule has 25 heavy (non-hydrogen) atoms. The molecule has 1 saturated heterocycles. The molecule has 0 bridgehead atoms. The van der Waals surface area contributed by atoms with E-state index in [1.54, 1.807) is 31.5 Å². The van der Waals surface area contributed by atoms with Crippen LogP contribution in [0.5, 0.6) is 5.88 Å². The van der Waals surface area contributed by atoms with Gasteiger partial charge in [0.1, 0.15) is 6.04 Å². The largest absolute Gasteiger partial charge is 0.481 e. The molecule has 1 aromatic heterocycles. The first-order chi connectivity index (χ1) is 12.1. The molecule has 1 aliphatic heterocycles. The topological polar surface area (TPSA) is 84.6 Å². The number of hydrogen-bond acceptors (Lipinski definition) is 6. The molecule has 1 aromatic carbocycles. The van der Waals surface area contributed by atoms with Crippen molar-refractivity contribution in [2.75, 3.05) is 38.2 Å². The average molecular weight is 362 g/mol. The van der Waals surface area contributed by atoms with E-state index in [1.165, 1.54) is 0 Å². The smallest absolute Gasteiger partial charge is 0.239 e. The van der Waals surface area contributed by atoms with Gasteiger partial charge >= 0.3 is 0 Å². The minimum Gasteiger partial charge on any atom is -0.481 e. The van der Waals surface area contributed by atoms with E-state index in [0.717, 1.165) is 5.56 Å². The number of hydrogen-bond donors (Lipinski definition) is 1. The standard InChI is InChI=1S/C17H20ClN5O2/c1-25-14-6-7-20-17(21-14)23-10-8-22(9-11-23)15(16(19)24)12-2-4-13(18)5-3-12/h2-7,15H,8-11H2,1H3,(H2,19,24)/t15-/m0/s1. The fraction of sp³-hybridized carbons (Fsp3) is 0.353. The van der Waals surface area contributed by atoms with Gasteiger partial charge in [0, 0.05) is 43.5 Å². The Morgan fingerprint density at radius 3 is 2.48 bits per heavy atom. The molecule has 7 nitrogen and oxygen atoms in total. The van der Waals surface area contributed by atoms with Gasteiger partial charge in [-0.15, -0.1) is 0 Å². The Balaban J connectivity index is 1.71. The highest BCUT2D eigenvalue weighted by molar-refractivity contribution is 6.30. The molecular formula is C17H20ClN5O2. The maximum absolute atomic E-state index is 12.0. The van der Waals surface area contributed by atoms with E-state index in [1.807, 2.05) is 12.1 Å². The SMILES string of the molecule is COc1ccnc(N2CCN([C@H](C(N)=O)c3ccc(Cl)cc3)CC2)n1. The quantitative estimate of drug-likeness (QED) is 0.868. The summed E-state index contributed by atoms with van der Waals surface area (Å²) in [5, 5.41) is 0.631. The molecule has 0 spiro atoms. The second-order valence-corrected chi connectivity index (χ2v) is 6.21. The lowest BCUT2D eigenvalue weighted by Crippen LogP contribution is -2.50. The fourth-order valence-corrected chi connectivity index (χ4v) is 3.10. The van der Waals surface area contributed by atoms with E-state index in [4.69, 9.17) is 22.1 Å². The number of aromatic nitrogens is 2. The minimum absolute atomic E-state index is 0.367. The molecule has 8 heteroatoms. The van der Waals surface area contributed by atoms with Crippen LogP contribution in [-0.2, 0) is 4.79 Å². The summed E-state index contributed by atoms with van der Waals surface area (Å²) in [6, 6.07) is 8.47. The van der Waals surface area contributed by atoms with Crippen LogP contribution in [0.3, 0.4) is 0 Å². The van der Waals surface area contributed by atoms with Gasteiger partial charge in [-0.2, -0.15) is 4.98 Å². The number of rotatable bonds is 5. The van der Waals surface area contributed by atoms with Gasteiger partial charge in [0.2, 0.25) is 17.7 Å². The van der Waals surface area contributed by atoms with Crippen molar-refractivity contribution in [2.45, 2.75) is 6.04 Å². The van der Waals surface area contributed by atoms with E-state index < -0.39 is 6.04 Å². The van der Waals surface area contributed by atoms with Crippen LogP contribution in [0.2, 0.25) is 5.02 Å². The maximum Gasteiger partial charge on any atom is 0.239 e. The van der Waals surface area contributed by atoms with E-state index >= 15 is 0 Å².